The molecular weight excluding hydrogens is 204 g/mol. The summed E-state index contributed by atoms with van der Waals surface area (Å²) in [5.41, 5.74) is 0.612. The minimum Gasteiger partial charge on any atom is -0.364 e. The van der Waals surface area contributed by atoms with Gasteiger partial charge in [0.2, 0.25) is 0 Å². The summed E-state index contributed by atoms with van der Waals surface area (Å²) < 4.78 is 0. The molecule has 0 spiro atoms. The number of hydrogen-bond donors (Lipinski definition) is 2. The van der Waals surface area contributed by atoms with E-state index in [1.807, 2.05) is 0 Å². The Morgan fingerprint density at radius 3 is 2.71 bits per heavy atom. The lowest BCUT2D eigenvalue weighted by molar-refractivity contribution is 0.587. The number of anilines is 1. The van der Waals surface area contributed by atoms with Crippen LogP contribution in [0.1, 0.15) is 0 Å². The van der Waals surface area contributed by atoms with Crippen LogP contribution in [-0.4, -0.2) is 36.4 Å². The van der Waals surface area contributed by atoms with Crippen molar-refractivity contribution in [1.82, 2.24) is 15.5 Å². The zero-order valence-corrected chi connectivity index (χ0v) is 8.51. The minimum atomic E-state index is -0.107. The topological polar surface area (TPSA) is 61.0 Å². The third-order valence-electron chi connectivity index (χ3n) is 2.16. The monoisotopic (exact) mass is 216 g/mol. The molecule has 2 heterocycles. The number of nitrogens with one attached hydrogen (secondary N) is 2. The highest BCUT2D eigenvalue weighted by Gasteiger charge is 2.12. The van der Waals surface area contributed by atoms with Crippen LogP contribution in [0.2, 0.25) is 0 Å². The van der Waals surface area contributed by atoms with Crippen LogP contribution in [0.25, 0.3) is 0 Å². The van der Waals surface area contributed by atoms with Crippen molar-refractivity contribution in [1.29, 1.82) is 0 Å². The second-order valence-corrected chi connectivity index (χ2v) is 3.01. The van der Waals surface area contributed by atoms with Crippen molar-refractivity contribution in [3.63, 3.8) is 0 Å². The number of H-pyrrole nitrogens is 1. The third-order valence-corrected chi connectivity index (χ3v) is 2.16. The molecule has 2 rings (SSSR count). The van der Waals surface area contributed by atoms with Crippen molar-refractivity contribution >= 4 is 18.1 Å². The van der Waals surface area contributed by atoms with Gasteiger partial charge in [0.15, 0.2) is 0 Å². The van der Waals surface area contributed by atoms with Gasteiger partial charge in [-0.2, -0.15) is 5.10 Å². The SMILES string of the molecule is Cl.O=c1[nH]nccc1N1CCNCC1. The van der Waals surface area contributed by atoms with Crippen molar-refractivity contribution in [2.75, 3.05) is 31.1 Å². The lowest BCUT2D eigenvalue weighted by Gasteiger charge is -2.28. The third kappa shape index (κ3) is 2.24. The fraction of sp³-hybridized carbons (Fsp3) is 0.500. The van der Waals surface area contributed by atoms with Gasteiger partial charge < -0.3 is 10.2 Å². The largest absolute Gasteiger partial charge is 0.364 e. The van der Waals surface area contributed by atoms with Crippen LogP contribution < -0.4 is 15.8 Å². The molecule has 0 saturated carbocycles. The highest BCUT2D eigenvalue weighted by atomic mass is 35.5. The molecular formula is C8H13ClN4O. The van der Waals surface area contributed by atoms with Crippen LogP contribution >= 0.6 is 12.4 Å². The van der Waals surface area contributed by atoms with Gasteiger partial charge in [0, 0.05) is 32.4 Å². The second kappa shape index (κ2) is 4.97. The molecule has 0 amide bonds. The summed E-state index contributed by atoms with van der Waals surface area (Å²) in [5, 5.41) is 9.32. The fourth-order valence-corrected chi connectivity index (χ4v) is 1.49. The predicted octanol–water partition coefficient (Wildman–Crippen LogP) is -0.399. The molecule has 0 radical (unpaired) electrons. The van der Waals surface area contributed by atoms with Gasteiger partial charge in [-0.05, 0) is 6.07 Å². The average Bonchev–Trinajstić information content (AvgIpc) is 2.20. The minimum absolute atomic E-state index is 0. The summed E-state index contributed by atoms with van der Waals surface area (Å²) in [7, 11) is 0. The van der Waals surface area contributed by atoms with Gasteiger partial charge in [0.25, 0.3) is 5.56 Å². The van der Waals surface area contributed by atoms with E-state index in [9.17, 15) is 4.79 Å². The Hall–Kier alpha value is -1.07. The standard InChI is InChI=1S/C8H12N4O.ClH/c13-8-7(1-2-10-11-8)12-5-3-9-4-6-12;/h1-2,9H,3-6H2,(H,11,13);1H. The summed E-state index contributed by atoms with van der Waals surface area (Å²) in [6.07, 6.45) is 1.61. The highest BCUT2D eigenvalue weighted by Crippen LogP contribution is 2.05. The van der Waals surface area contributed by atoms with Crippen LogP contribution in [0.15, 0.2) is 17.1 Å². The molecule has 1 aliphatic heterocycles. The van der Waals surface area contributed by atoms with Crippen molar-refractivity contribution in [2.45, 2.75) is 0 Å². The zero-order chi connectivity index (χ0) is 9.10. The maximum atomic E-state index is 11.3. The molecule has 5 nitrogen and oxygen atoms in total. The Morgan fingerprint density at radius 1 is 1.36 bits per heavy atom. The van der Waals surface area contributed by atoms with Gasteiger partial charge in [-0.3, -0.25) is 4.79 Å². The average molecular weight is 217 g/mol. The van der Waals surface area contributed by atoms with E-state index in [1.165, 1.54) is 0 Å². The second-order valence-electron chi connectivity index (χ2n) is 3.01. The Kier molecular flexibility index (Phi) is 3.91. The Labute approximate surface area is 87.9 Å². The van der Waals surface area contributed by atoms with E-state index < -0.39 is 0 Å². The van der Waals surface area contributed by atoms with E-state index in [0.29, 0.717) is 0 Å². The van der Waals surface area contributed by atoms with Gasteiger partial charge in [0.05, 0.1) is 0 Å². The summed E-state index contributed by atoms with van der Waals surface area (Å²) >= 11 is 0. The van der Waals surface area contributed by atoms with Crippen molar-refractivity contribution < 1.29 is 0 Å². The quantitative estimate of drug-likeness (QED) is 0.671. The first-order chi connectivity index (χ1) is 6.38. The predicted molar refractivity (Wildman–Crippen MR) is 57.2 cm³/mol. The number of hydrogen-bond acceptors (Lipinski definition) is 4. The van der Waals surface area contributed by atoms with Gasteiger partial charge in [-0.1, -0.05) is 0 Å². The van der Waals surface area contributed by atoms with Crippen LogP contribution in [-0.2, 0) is 0 Å². The molecule has 14 heavy (non-hydrogen) atoms. The highest BCUT2D eigenvalue weighted by molar-refractivity contribution is 5.85. The number of aromatic amines is 1. The molecule has 1 saturated heterocycles. The Morgan fingerprint density at radius 2 is 2.07 bits per heavy atom. The molecule has 0 aromatic carbocycles. The Balaban J connectivity index is 0.000000980. The molecule has 0 bridgehead atoms. The van der Waals surface area contributed by atoms with Crippen LogP contribution in [0.5, 0.6) is 0 Å². The summed E-state index contributed by atoms with van der Waals surface area (Å²) in [6, 6.07) is 1.75. The molecule has 0 unspecified atom stereocenters. The molecule has 0 aliphatic carbocycles. The van der Waals surface area contributed by atoms with Crippen molar-refractivity contribution in [3.8, 4) is 0 Å². The molecule has 1 aromatic heterocycles. The zero-order valence-electron chi connectivity index (χ0n) is 7.69. The van der Waals surface area contributed by atoms with Crippen molar-refractivity contribution in [2.24, 2.45) is 0 Å². The van der Waals surface area contributed by atoms with Crippen molar-refractivity contribution in [3.05, 3.63) is 22.6 Å². The molecule has 1 aromatic rings. The van der Waals surface area contributed by atoms with Crippen LogP contribution in [0, 0.1) is 0 Å². The fourth-order valence-electron chi connectivity index (χ4n) is 1.49. The summed E-state index contributed by atoms with van der Waals surface area (Å²) in [5.74, 6) is 0. The first-order valence-corrected chi connectivity index (χ1v) is 4.37. The number of rotatable bonds is 1. The molecule has 0 atom stereocenters. The molecule has 1 fully saturated rings. The number of piperazine rings is 1. The number of halogens is 1. The van der Waals surface area contributed by atoms with Gasteiger partial charge in [-0.25, -0.2) is 5.10 Å². The van der Waals surface area contributed by atoms with E-state index in [4.69, 9.17) is 0 Å². The van der Waals surface area contributed by atoms with Crippen LogP contribution in [0.3, 0.4) is 0 Å². The summed E-state index contributed by atoms with van der Waals surface area (Å²) in [6.45, 7) is 3.63. The van der Waals surface area contributed by atoms with Gasteiger partial charge in [0.1, 0.15) is 5.69 Å². The number of nitrogens with zero attached hydrogens (tertiary/aromatic N) is 2. The molecule has 78 valence electrons. The van der Waals surface area contributed by atoms with E-state index >= 15 is 0 Å². The maximum absolute atomic E-state index is 11.3. The smallest absolute Gasteiger partial charge is 0.287 e. The van der Waals surface area contributed by atoms with Crippen LogP contribution in [0.4, 0.5) is 5.69 Å². The van der Waals surface area contributed by atoms with E-state index in [1.54, 1.807) is 12.3 Å². The molecule has 2 N–H and O–H groups in total. The van der Waals surface area contributed by atoms with Gasteiger partial charge in [-0.15, -0.1) is 12.4 Å². The normalized spacial score (nSPS) is 16.1. The van der Waals surface area contributed by atoms with E-state index in [2.05, 4.69) is 20.4 Å². The number of aromatic nitrogens is 2. The molecule has 6 heteroatoms. The first-order valence-electron chi connectivity index (χ1n) is 4.37. The van der Waals surface area contributed by atoms with E-state index in [0.717, 1.165) is 31.9 Å². The first kappa shape index (κ1) is 11.0. The lowest BCUT2D eigenvalue weighted by atomic mass is 10.3. The maximum Gasteiger partial charge on any atom is 0.287 e. The summed E-state index contributed by atoms with van der Waals surface area (Å²) in [4.78, 5) is 13.4. The Bertz CT molecular complexity index is 334. The lowest BCUT2D eigenvalue weighted by Crippen LogP contribution is -2.45. The van der Waals surface area contributed by atoms with Gasteiger partial charge >= 0.3 is 0 Å². The molecule has 1 aliphatic rings. The van der Waals surface area contributed by atoms with E-state index in [-0.39, 0.29) is 18.0 Å².